The highest BCUT2D eigenvalue weighted by Crippen LogP contribution is 2.35. The first kappa shape index (κ1) is 27.4. The fourth-order valence-corrected chi connectivity index (χ4v) is 5.52. The number of carbonyl (C=O) groups is 2. The van der Waals surface area contributed by atoms with Crippen LogP contribution in [0.3, 0.4) is 0 Å². The Morgan fingerprint density at radius 2 is 1.65 bits per heavy atom. The third-order valence-corrected chi connectivity index (χ3v) is 7.64. The van der Waals surface area contributed by atoms with Crippen molar-refractivity contribution in [1.82, 2.24) is 10.3 Å². The normalized spacial score (nSPS) is 13.5. The van der Waals surface area contributed by atoms with Gasteiger partial charge in [-0.15, -0.1) is 11.3 Å². The van der Waals surface area contributed by atoms with Crippen LogP contribution in [0.1, 0.15) is 57.1 Å². The third-order valence-electron chi connectivity index (χ3n) is 6.87. The maximum atomic E-state index is 13.0. The Morgan fingerprint density at radius 3 is 2.35 bits per heavy atom. The first-order valence-electron chi connectivity index (χ1n) is 12.8. The molecular formula is C30H26F3N3O3S. The molecule has 0 saturated heterocycles. The second kappa shape index (κ2) is 11.5. The van der Waals surface area contributed by atoms with Gasteiger partial charge in [0, 0.05) is 23.1 Å². The number of fused-ring (bicyclic) bond motifs is 1. The number of hydrogen-bond donors (Lipinski definition) is 3. The summed E-state index contributed by atoms with van der Waals surface area (Å²) in [5, 5.41) is 17.3. The van der Waals surface area contributed by atoms with Crippen LogP contribution in [0, 0.1) is 0 Å². The van der Waals surface area contributed by atoms with Gasteiger partial charge in [-0.25, -0.2) is 4.98 Å². The molecule has 6 nitrogen and oxygen atoms in total. The van der Waals surface area contributed by atoms with Crippen molar-refractivity contribution in [3.05, 3.63) is 105 Å². The average Bonchev–Trinajstić information content (AvgIpc) is 3.60. The van der Waals surface area contributed by atoms with Gasteiger partial charge in [0.25, 0.3) is 5.91 Å². The molecule has 206 valence electrons. The molecule has 0 spiro atoms. The molecule has 4 aromatic rings. The van der Waals surface area contributed by atoms with Crippen LogP contribution >= 0.6 is 11.3 Å². The fourth-order valence-electron chi connectivity index (χ4n) is 4.77. The summed E-state index contributed by atoms with van der Waals surface area (Å²) in [6, 6.07) is 18.2. The number of benzene rings is 3. The van der Waals surface area contributed by atoms with E-state index >= 15 is 0 Å². The Labute approximate surface area is 232 Å². The van der Waals surface area contributed by atoms with Gasteiger partial charge in [-0.05, 0) is 65.8 Å². The SMILES string of the molecule is O=C(O)CCNC(=O)c1ccc(C(Nc2nc(-c3ccc(C(F)(F)F)cc3)cs2)c2ccc3c(c2)CCC3)cc1. The van der Waals surface area contributed by atoms with Gasteiger partial charge < -0.3 is 15.7 Å². The van der Waals surface area contributed by atoms with Crippen molar-refractivity contribution >= 4 is 28.3 Å². The van der Waals surface area contributed by atoms with Gasteiger partial charge in [-0.3, -0.25) is 9.59 Å². The van der Waals surface area contributed by atoms with Crippen LogP contribution in [0.4, 0.5) is 18.3 Å². The lowest BCUT2D eigenvalue weighted by Crippen LogP contribution is -2.26. The molecule has 1 aliphatic rings. The summed E-state index contributed by atoms with van der Waals surface area (Å²) in [7, 11) is 0. The van der Waals surface area contributed by atoms with E-state index in [9.17, 15) is 22.8 Å². The van der Waals surface area contributed by atoms with Crippen molar-refractivity contribution in [3.63, 3.8) is 0 Å². The largest absolute Gasteiger partial charge is 0.481 e. The number of hydrogen-bond acceptors (Lipinski definition) is 5. The predicted molar refractivity (Wildman–Crippen MR) is 148 cm³/mol. The Balaban J connectivity index is 1.39. The first-order chi connectivity index (χ1) is 19.2. The molecule has 0 radical (unpaired) electrons. The first-order valence-corrected chi connectivity index (χ1v) is 13.7. The molecule has 3 aromatic carbocycles. The molecule has 1 aliphatic carbocycles. The van der Waals surface area contributed by atoms with E-state index < -0.39 is 17.7 Å². The maximum absolute atomic E-state index is 13.0. The van der Waals surface area contributed by atoms with Crippen LogP contribution in [0.25, 0.3) is 11.3 Å². The van der Waals surface area contributed by atoms with E-state index in [1.165, 1.54) is 34.6 Å². The Kier molecular flexibility index (Phi) is 7.88. The smallest absolute Gasteiger partial charge is 0.416 e. The Bertz CT molecular complexity index is 1520. The highest BCUT2D eigenvalue weighted by Gasteiger charge is 2.30. The van der Waals surface area contributed by atoms with Crippen LogP contribution in [0.2, 0.25) is 0 Å². The maximum Gasteiger partial charge on any atom is 0.416 e. The van der Waals surface area contributed by atoms with Crippen molar-refractivity contribution in [3.8, 4) is 11.3 Å². The number of carboxylic acids is 1. The monoisotopic (exact) mass is 565 g/mol. The number of thiazole rings is 1. The lowest BCUT2D eigenvalue weighted by molar-refractivity contribution is -0.138. The molecule has 0 fully saturated rings. The molecule has 3 N–H and O–H groups in total. The molecule has 1 atom stereocenters. The van der Waals surface area contributed by atoms with E-state index in [4.69, 9.17) is 5.11 Å². The fraction of sp³-hybridized carbons (Fsp3) is 0.233. The number of anilines is 1. The number of aliphatic carboxylic acids is 1. The molecule has 1 unspecified atom stereocenters. The second-order valence-electron chi connectivity index (χ2n) is 9.59. The Hall–Kier alpha value is -4.18. The molecular weight excluding hydrogens is 539 g/mol. The standard InChI is InChI=1S/C30H26F3N3O3S/c31-30(32,33)24-12-10-19(11-13-24)25-17-40-29(35-25)36-27(23-9-4-18-2-1-3-22(18)16-23)20-5-7-21(8-6-20)28(39)34-15-14-26(37)38/h4-13,16-17,27H,1-3,14-15H2,(H,34,39)(H,35,36)(H,37,38). The van der Waals surface area contributed by atoms with Crippen LogP contribution in [-0.2, 0) is 23.8 Å². The summed E-state index contributed by atoms with van der Waals surface area (Å²) < 4.78 is 38.9. The summed E-state index contributed by atoms with van der Waals surface area (Å²) in [6.45, 7) is 0.0422. The molecule has 1 amide bonds. The lowest BCUT2D eigenvalue weighted by atomic mass is 9.95. The van der Waals surface area contributed by atoms with Crippen LogP contribution in [-0.4, -0.2) is 28.5 Å². The number of aryl methyl sites for hydroxylation is 2. The van der Waals surface area contributed by atoms with Crippen molar-refractivity contribution in [2.45, 2.75) is 37.9 Å². The van der Waals surface area contributed by atoms with Crippen molar-refractivity contribution in [2.75, 3.05) is 11.9 Å². The zero-order valence-electron chi connectivity index (χ0n) is 21.3. The number of nitrogens with zero attached hydrogens (tertiary/aromatic N) is 1. The number of amides is 1. The van der Waals surface area contributed by atoms with E-state index in [-0.39, 0.29) is 24.9 Å². The summed E-state index contributed by atoms with van der Waals surface area (Å²) in [4.78, 5) is 27.8. The number of aromatic nitrogens is 1. The van der Waals surface area contributed by atoms with Crippen LogP contribution < -0.4 is 10.6 Å². The molecule has 0 bridgehead atoms. The number of rotatable bonds is 9. The number of alkyl halides is 3. The second-order valence-corrected chi connectivity index (χ2v) is 10.5. The molecule has 0 saturated carbocycles. The van der Waals surface area contributed by atoms with Gasteiger partial charge >= 0.3 is 12.1 Å². The van der Waals surface area contributed by atoms with Gasteiger partial charge in [0.2, 0.25) is 0 Å². The average molecular weight is 566 g/mol. The number of carboxylic acid groups (broad SMARTS) is 1. The Morgan fingerprint density at radius 1 is 0.950 bits per heavy atom. The topological polar surface area (TPSA) is 91.3 Å². The minimum absolute atomic E-state index is 0.0422. The molecule has 0 aliphatic heterocycles. The predicted octanol–water partition coefficient (Wildman–Crippen LogP) is 6.72. The zero-order chi connectivity index (χ0) is 28.3. The highest BCUT2D eigenvalue weighted by atomic mass is 32.1. The number of halogens is 3. The molecule has 40 heavy (non-hydrogen) atoms. The van der Waals surface area contributed by atoms with E-state index in [2.05, 4.69) is 33.8 Å². The summed E-state index contributed by atoms with van der Waals surface area (Å²) >= 11 is 1.36. The van der Waals surface area contributed by atoms with Gasteiger partial charge in [0.05, 0.1) is 23.7 Å². The lowest BCUT2D eigenvalue weighted by Gasteiger charge is -2.21. The van der Waals surface area contributed by atoms with Crippen molar-refractivity contribution in [1.29, 1.82) is 0 Å². The summed E-state index contributed by atoms with van der Waals surface area (Å²) in [5.41, 5.74) is 5.45. The van der Waals surface area contributed by atoms with E-state index in [1.807, 2.05) is 12.1 Å². The van der Waals surface area contributed by atoms with E-state index in [0.29, 0.717) is 22.0 Å². The number of carbonyl (C=O) groups excluding carboxylic acids is 1. The molecule has 1 aromatic heterocycles. The summed E-state index contributed by atoms with van der Waals surface area (Å²) in [5.74, 6) is -1.33. The molecule has 5 rings (SSSR count). The van der Waals surface area contributed by atoms with E-state index in [0.717, 1.165) is 42.5 Å². The molecule has 10 heteroatoms. The van der Waals surface area contributed by atoms with Gasteiger partial charge in [-0.1, -0.05) is 42.5 Å². The molecule has 1 heterocycles. The zero-order valence-corrected chi connectivity index (χ0v) is 22.1. The highest BCUT2D eigenvalue weighted by molar-refractivity contribution is 7.14. The minimum atomic E-state index is -4.40. The quantitative estimate of drug-likeness (QED) is 0.210. The van der Waals surface area contributed by atoms with Crippen molar-refractivity contribution < 1.29 is 27.9 Å². The van der Waals surface area contributed by atoms with Crippen LogP contribution in [0.15, 0.2) is 72.1 Å². The third kappa shape index (κ3) is 6.34. The van der Waals surface area contributed by atoms with Gasteiger partial charge in [0.15, 0.2) is 5.13 Å². The van der Waals surface area contributed by atoms with Gasteiger partial charge in [0.1, 0.15) is 0 Å². The van der Waals surface area contributed by atoms with E-state index in [1.54, 1.807) is 17.5 Å². The van der Waals surface area contributed by atoms with Crippen molar-refractivity contribution in [2.24, 2.45) is 0 Å². The van der Waals surface area contributed by atoms with Crippen LogP contribution in [0.5, 0.6) is 0 Å². The summed E-state index contributed by atoms with van der Waals surface area (Å²) in [6.07, 6.45) is -1.36. The number of nitrogens with one attached hydrogen (secondary N) is 2. The minimum Gasteiger partial charge on any atom is -0.481 e. The van der Waals surface area contributed by atoms with Gasteiger partial charge in [-0.2, -0.15) is 13.2 Å².